The van der Waals surface area contributed by atoms with E-state index in [0.717, 1.165) is 30.3 Å². The molecule has 0 aliphatic rings. The Bertz CT molecular complexity index is 290. The highest BCUT2D eigenvalue weighted by atomic mass is 35.5. The van der Waals surface area contributed by atoms with Gasteiger partial charge in [0.1, 0.15) is 6.54 Å². The Kier molecular flexibility index (Phi) is 6.88. The highest BCUT2D eigenvalue weighted by Crippen LogP contribution is 2.20. The second-order valence-corrected chi connectivity index (χ2v) is 5.42. The minimum Gasteiger partial charge on any atom is -0.388 e. The quantitative estimate of drug-likeness (QED) is 0.579. The number of halogens is 1. The van der Waals surface area contributed by atoms with Gasteiger partial charge in [-0.15, -0.1) is 11.8 Å². The van der Waals surface area contributed by atoms with Crippen molar-refractivity contribution in [2.75, 3.05) is 18.8 Å². The van der Waals surface area contributed by atoms with Crippen molar-refractivity contribution in [3.8, 4) is 0 Å². The van der Waals surface area contributed by atoms with E-state index < -0.39 is 0 Å². The first kappa shape index (κ1) is 13.8. The van der Waals surface area contributed by atoms with Crippen LogP contribution in [-0.4, -0.2) is 30.1 Å². The summed E-state index contributed by atoms with van der Waals surface area (Å²) in [4.78, 5) is 1.26. The zero-order chi connectivity index (χ0) is 11.8. The molecule has 0 heterocycles. The largest absolute Gasteiger partial charge is 0.388 e. The van der Waals surface area contributed by atoms with Crippen molar-refractivity contribution >= 4 is 23.4 Å². The molecule has 0 aliphatic heterocycles. The number of quaternary nitrogens is 1. The molecular formula is C12H19ClNOS+. The van der Waals surface area contributed by atoms with E-state index in [1.54, 1.807) is 0 Å². The van der Waals surface area contributed by atoms with Crippen LogP contribution in [0.25, 0.3) is 0 Å². The van der Waals surface area contributed by atoms with E-state index in [9.17, 15) is 0 Å². The topological polar surface area (TPSA) is 36.8 Å². The van der Waals surface area contributed by atoms with Crippen molar-refractivity contribution in [1.82, 2.24) is 0 Å². The van der Waals surface area contributed by atoms with Crippen LogP contribution in [0.15, 0.2) is 29.2 Å². The number of rotatable bonds is 7. The number of nitrogens with two attached hydrogens (primary N) is 1. The molecular weight excluding hydrogens is 242 g/mol. The summed E-state index contributed by atoms with van der Waals surface area (Å²) in [5, 5.41) is 12.0. The number of aliphatic hydroxyl groups is 1. The molecule has 16 heavy (non-hydrogen) atoms. The first-order valence-electron chi connectivity index (χ1n) is 5.56. The van der Waals surface area contributed by atoms with Crippen LogP contribution in [-0.2, 0) is 0 Å². The second kappa shape index (κ2) is 7.96. The fraction of sp³-hybridized carbons (Fsp3) is 0.500. The molecule has 2 nitrogen and oxygen atoms in total. The fourth-order valence-corrected chi connectivity index (χ4v) is 2.31. The van der Waals surface area contributed by atoms with Crippen LogP contribution in [0.2, 0.25) is 5.02 Å². The van der Waals surface area contributed by atoms with E-state index in [0.29, 0.717) is 0 Å². The number of benzene rings is 1. The highest BCUT2D eigenvalue weighted by molar-refractivity contribution is 7.99. The van der Waals surface area contributed by atoms with Gasteiger partial charge in [-0.2, -0.15) is 0 Å². The summed E-state index contributed by atoms with van der Waals surface area (Å²) in [6.07, 6.45) is 0.948. The third kappa shape index (κ3) is 6.38. The summed E-state index contributed by atoms with van der Waals surface area (Å²) < 4.78 is 0. The normalized spacial score (nSPS) is 12.7. The Balaban J connectivity index is 2.05. The van der Waals surface area contributed by atoms with Gasteiger partial charge in [-0.05, 0) is 31.2 Å². The first-order chi connectivity index (χ1) is 7.68. The molecule has 1 aromatic rings. The van der Waals surface area contributed by atoms with Gasteiger partial charge in [-0.25, -0.2) is 0 Å². The number of aliphatic hydroxyl groups excluding tert-OH is 1. The number of thioether (sulfide) groups is 1. The molecule has 0 aliphatic carbocycles. The lowest BCUT2D eigenvalue weighted by Crippen LogP contribution is -2.86. The maximum atomic E-state index is 9.06. The minimum atomic E-state index is -0.205. The molecule has 4 heteroatoms. The molecule has 1 atom stereocenters. The Labute approximate surface area is 106 Å². The summed E-state index contributed by atoms with van der Waals surface area (Å²) in [6.45, 7) is 3.69. The van der Waals surface area contributed by atoms with Crippen LogP contribution < -0.4 is 5.32 Å². The van der Waals surface area contributed by atoms with Gasteiger partial charge in [0.15, 0.2) is 0 Å². The van der Waals surface area contributed by atoms with Crippen molar-refractivity contribution in [2.24, 2.45) is 0 Å². The lowest BCUT2D eigenvalue weighted by Gasteiger charge is -2.04. The first-order valence-corrected chi connectivity index (χ1v) is 6.93. The molecule has 0 aromatic heterocycles. The third-order valence-electron chi connectivity index (χ3n) is 2.14. The van der Waals surface area contributed by atoms with Crippen LogP contribution in [0.5, 0.6) is 0 Å². The monoisotopic (exact) mass is 260 g/mol. The van der Waals surface area contributed by atoms with Crippen LogP contribution in [0.4, 0.5) is 0 Å². The molecule has 3 N–H and O–H groups in total. The lowest BCUT2D eigenvalue weighted by molar-refractivity contribution is -0.660. The van der Waals surface area contributed by atoms with Gasteiger partial charge in [-0.1, -0.05) is 11.6 Å². The SMILES string of the molecule is C[C@@H](O)C[NH2+]CCCSc1ccc(Cl)cc1. The van der Waals surface area contributed by atoms with E-state index in [-0.39, 0.29) is 6.10 Å². The Morgan fingerprint density at radius 2 is 2.06 bits per heavy atom. The summed E-state index contributed by atoms with van der Waals surface area (Å²) >= 11 is 7.65. The van der Waals surface area contributed by atoms with Gasteiger partial charge in [0.2, 0.25) is 0 Å². The van der Waals surface area contributed by atoms with Crippen LogP contribution in [0, 0.1) is 0 Å². The predicted octanol–water partition coefficient (Wildman–Crippen LogP) is 1.77. The molecule has 0 amide bonds. The zero-order valence-electron chi connectivity index (χ0n) is 9.53. The summed E-state index contributed by atoms with van der Waals surface area (Å²) in [6, 6.07) is 7.94. The Morgan fingerprint density at radius 3 is 2.69 bits per heavy atom. The van der Waals surface area contributed by atoms with E-state index in [1.807, 2.05) is 43.0 Å². The number of hydrogen-bond donors (Lipinski definition) is 2. The van der Waals surface area contributed by atoms with Crippen molar-refractivity contribution in [1.29, 1.82) is 0 Å². The van der Waals surface area contributed by atoms with E-state index >= 15 is 0 Å². The standard InChI is InChI=1S/C12H18ClNOS/c1-10(15)9-14-7-2-8-16-12-5-3-11(13)4-6-12/h3-6,10,14-15H,2,7-9H2,1H3/p+1/t10-/m1/s1. The number of hydrogen-bond acceptors (Lipinski definition) is 2. The van der Waals surface area contributed by atoms with Crippen LogP contribution >= 0.6 is 23.4 Å². The smallest absolute Gasteiger partial charge is 0.102 e. The van der Waals surface area contributed by atoms with Crippen LogP contribution in [0.3, 0.4) is 0 Å². The van der Waals surface area contributed by atoms with Gasteiger partial charge in [-0.3, -0.25) is 0 Å². The maximum Gasteiger partial charge on any atom is 0.102 e. The maximum absolute atomic E-state index is 9.06. The molecule has 0 saturated carbocycles. The van der Waals surface area contributed by atoms with Crippen LogP contribution in [0.1, 0.15) is 13.3 Å². The van der Waals surface area contributed by atoms with Gasteiger partial charge < -0.3 is 10.4 Å². The Morgan fingerprint density at radius 1 is 1.38 bits per heavy atom. The molecule has 0 bridgehead atoms. The second-order valence-electron chi connectivity index (χ2n) is 3.82. The average molecular weight is 261 g/mol. The molecule has 90 valence electrons. The zero-order valence-corrected chi connectivity index (χ0v) is 11.1. The van der Waals surface area contributed by atoms with Crippen molar-refractivity contribution in [3.63, 3.8) is 0 Å². The molecule has 0 fully saturated rings. The summed E-state index contributed by atoms with van der Waals surface area (Å²) in [5.41, 5.74) is 0. The van der Waals surface area contributed by atoms with Crippen molar-refractivity contribution < 1.29 is 10.4 Å². The average Bonchev–Trinajstić information content (AvgIpc) is 2.25. The molecule has 1 aromatic carbocycles. The van der Waals surface area contributed by atoms with Gasteiger partial charge in [0.05, 0.1) is 12.6 Å². The molecule has 0 unspecified atom stereocenters. The molecule has 0 saturated heterocycles. The predicted molar refractivity (Wildman–Crippen MR) is 70.1 cm³/mol. The van der Waals surface area contributed by atoms with Gasteiger partial charge in [0, 0.05) is 22.1 Å². The van der Waals surface area contributed by atoms with E-state index in [1.165, 1.54) is 4.90 Å². The summed E-state index contributed by atoms with van der Waals surface area (Å²) in [7, 11) is 0. The highest BCUT2D eigenvalue weighted by Gasteiger charge is 1.98. The van der Waals surface area contributed by atoms with Gasteiger partial charge >= 0.3 is 0 Å². The summed E-state index contributed by atoms with van der Waals surface area (Å²) in [5.74, 6) is 1.11. The van der Waals surface area contributed by atoms with Crippen molar-refractivity contribution in [3.05, 3.63) is 29.3 Å². The van der Waals surface area contributed by atoms with E-state index in [2.05, 4.69) is 5.32 Å². The fourth-order valence-electron chi connectivity index (χ4n) is 1.31. The molecule has 0 spiro atoms. The van der Waals surface area contributed by atoms with Gasteiger partial charge in [0.25, 0.3) is 0 Å². The minimum absolute atomic E-state index is 0.205. The molecule has 0 radical (unpaired) electrons. The van der Waals surface area contributed by atoms with Crippen molar-refractivity contribution in [2.45, 2.75) is 24.3 Å². The molecule has 1 rings (SSSR count). The third-order valence-corrected chi connectivity index (χ3v) is 3.49. The lowest BCUT2D eigenvalue weighted by atomic mass is 10.4. The van der Waals surface area contributed by atoms with E-state index in [4.69, 9.17) is 16.7 Å². The Hall–Kier alpha value is -0.220.